The standard InChI is InChI=1S/C27H23Cl2FN2O6S/c28-19-13-20(29)15-22(14-19)39(37,38)32-11-1-2-24(32)26(34)31-23(27(35)36)12-16-3-5-17(6-4-16)25(33)18-7-9-21(30)10-8-18/h3-10,13-15,23-24H,1-2,11-12H2,(H,31,34)(H,35,36)/t23-,24-/m0/s1. The first-order valence-electron chi connectivity index (χ1n) is 11.9. The number of amides is 1. The molecule has 1 fully saturated rings. The lowest BCUT2D eigenvalue weighted by atomic mass is 9.99. The molecule has 0 aliphatic carbocycles. The van der Waals surface area contributed by atoms with Crippen LogP contribution < -0.4 is 5.32 Å². The van der Waals surface area contributed by atoms with Crippen LogP contribution in [-0.2, 0) is 26.0 Å². The number of hydrogen-bond acceptors (Lipinski definition) is 5. The summed E-state index contributed by atoms with van der Waals surface area (Å²) in [4.78, 5) is 37.5. The fraction of sp³-hybridized carbons (Fsp3) is 0.222. The maximum atomic E-state index is 13.2. The van der Waals surface area contributed by atoms with E-state index < -0.39 is 39.8 Å². The van der Waals surface area contributed by atoms with E-state index in [0.717, 1.165) is 4.31 Å². The van der Waals surface area contributed by atoms with Crippen LogP contribution in [0.1, 0.15) is 34.3 Å². The Morgan fingerprint density at radius 1 is 0.974 bits per heavy atom. The van der Waals surface area contributed by atoms with Crippen molar-refractivity contribution in [1.29, 1.82) is 0 Å². The highest BCUT2D eigenvalue weighted by molar-refractivity contribution is 7.89. The number of hydrogen-bond donors (Lipinski definition) is 2. The molecule has 0 bridgehead atoms. The average Bonchev–Trinajstić information content (AvgIpc) is 3.39. The summed E-state index contributed by atoms with van der Waals surface area (Å²) in [7, 11) is -4.13. The lowest BCUT2D eigenvalue weighted by Gasteiger charge is -2.25. The summed E-state index contributed by atoms with van der Waals surface area (Å²) in [6, 6.07) is 12.7. The number of carbonyl (C=O) groups is 3. The minimum atomic E-state index is -4.13. The highest BCUT2D eigenvalue weighted by Gasteiger charge is 2.40. The van der Waals surface area contributed by atoms with E-state index in [-0.39, 0.29) is 40.1 Å². The SMILES string of the molecule is O=C(c1ccc(F)cc1)c1ccc(C[C@H](NC(=O)[C@@H]2CCCN2S(=O)(=O)c2cc(Cl)cc(Cl)c2)C(=O)O)cc1. The molecule has 3 aromatic rings. The van der Waals surface area contributed by atoms with Crippen molar-refractivity contribution in [3.05, 3.63) is 99.3 Å². The second kappa shape index (κ2) is 11.8. The Kier molecular flexibility index (Phi) is 8.70. The predicted octanol–water partition coefficient (Wildman–Crippen LogP) is 4.33. The number of benzene rings is 3. The number of halogens is 3. The van der Waals surface area contributed by atoms with Crippen molar-refractivity contribution in [2.45, 2.75) is 36.2 Å². The molecule has 12 heteroatoms. The van der Waals surface area contributed by atoms with Crippen LogP contribution in [0.25, 0.3) is 0 Å². The zero-order chi connectivity index (χ0) is 28.3. The van der Waals surface area contributed by atoms with E-state index >= 15 is 0 Å². The average molecular weight is 593 g/mol. The van der Waals surface area contributed by atoms with Gasteiger partial charge >= 0.3 is 5.97 Å². The molecule has 0 radical (unpaired) electrons. The number of ketones is 1. The third kappa shape index (κ3) is 6.65. The van der Waals surface area contributed by atoms with Gasteiger partial charge in [0.15, 0.2) is 5.78 Å². The first kappa shape index (κ1) is 28.7. The van der Waals surface area contributed by atoms with Crippen molar-refractivity contribution in [3.63, 3.8) is 0 Å². The van der Waals surface area contributed by atoms with E-state index in [9.17, 15) is 32.3 Å². The van der Waals surface area contributed by atoms with Gasteiger partial charge in [-0.25, -0.2) is 17.6 Å². The van der Waals surface area contributed by atoms with E-state index in [4.69, 9.17) is 23.2 Å². The molecule has 0 saturated carbocycles. The molecule has 1 aliphatic heterocycles. The van der Waals surface area contributed by atoms with Crippen molar-refractivity contribution < 1.29 is 32.3 Å². The van der Waals surface area contributed by atoms with Crippen molar-refractivity contribution >= 4 is 50.9 Å². The fourth-order valence-electron chi connectivity index (χ4n) is 4.37. The van der Waals surface area contributed by atoms with E-state index in [1.54, 1.807) is 12.1 Å². The normalized spacial score (nSPS) is 16.5. The summed E-state index contributed by atoms with van der Waals surface area (Å²) in [6.07, 6.45) is 0.522. The molecule has 0 spiro atoms. The number of carboxylic acid groups (broad SMARTS) is 1. The van der Waals surface area contributed by atoms with Crippen LogP contribution in [0, 0.1) is 5.82 Å². The van der Waals surface area contributed by atoms with Gasteiger partial charge in [0.2, 0.25) is 15.9 Å². The predicted molar refractivity (Wildman–Crippen MR) is 143 cm³/mol. The Hall–Kier alpha value is -3.31. The topological polar surface area (TPSA) is 121 Å². The van der Waals surface area contributed by atoms with Crippen LogP contribution in [-0.4, -0.2) is 54.1 Å². The van der Waals surface area contributed by atoms with Crippen LogP contribution in [0.5, 0.6) is 0 Å². The number of carbonyl (C=O) groups excluding carboxylic acids is 2. The molecule has 2 N–H and O–H groups in total. The van der Waals surface area contributed by atoms with Gasteiger partial charge in [0, 0.05) is 34.1 Å². The third-order valence-corrected chi connectivity index (χ3v) is 8.65. The Labute approximate surface area is 234 Å². The van der Waals surface area contributed by atoms with Crippen molar-refractivity contribution in [1.82, 2.24) is 9.62 Å². The van der Waals surface area contributed by atoms with Crippen molar-refractivity contribution in [2.24, 2.45) is 0 Å². The van der Waals surface area contributed by atoms with E-state index in [1.807, 2.05) is 0 Å². The smallest absolute Gasteiger partial charge is 0.326 e. The fourth-order valence-corrected chi connectivity index (χ4v) is 6.75. The highest BCUT2D eigenvalue weighted by atomic mass is 35.5. The lowest BCUT2D eigenvalue weighted by molar-refractivity contribution is -0.142. The van der Waals surface area contributed by atoms with Crippen molar-refractivity contribution in [2.75, 3.05) is 6.54 Å². The molecule has 204 valence electrons. The molecule has 2 atom stereocenters. The Morgan fingerprint density at radius 2 is 1.54 bits per heavy atom. The zero-order valence-corrected chi connectivity index (χ0v) is 22.6. The number of carboxylic acids is 1. The number of rotatable bonds is 9. The molecule has 0 unspecified atom stereocenters. The molecule has 4 rings (SSSR count). The molecular formula is C27H23Cl2FN2O6S. The maximum absolute atomic E-state index is 13.2. The second-order valence-corrected chi connectivity index (χ2v) is 11.8. The molecule has 39 heavy (non-hydrogen) atoms. The summed E-state index contributed by atoms with van der Waals surface area (Å²) in [5, 5.41) is 12.4. The maximum Gasteiger partial charge on any atom is 0.326 e. The van der Waals surface area contributed by atoms with Gasteiger partial charge in [-0.3, -0.25) is 9.59 Å². The largest absolute Gasteiger partial charge is 0.480 e. The molecule has 1 heterocycles. The van der Waals surface area contributed by atoms with Crippen LogP contribution in [0.15, 0.2) is 71.6 Å². The van der Waals surface area contributed by atoms with E-state index in [2.05, 4.69) is 5.32 Å². The second-order valence-electron chi connectivity index (χ2n) is 9.02. The Morgan fingerprint density at radius 3 is 2.10 bits per heavy atom. The summed E-state index contributed by atoms with van der Waals surface area (Å²) >= 11 is 11.9. The molecule has 1 aliphatic rings. The summed E-state index contributed by atoms with van der Waals surface area (Å²) in [6.45, 7) is 0.0752. The third-order valence-electron chi connectivity index (χ3n) is 6.33. The number of nitrogens with one attached hydrogen (secondary N) is 1. The number of nitrogens with zero attached hydrogens (tertiary/aromatic N) is 1. The van der Waals surface area contributed by atoms with Crippen molar-refractivity contribution in [3.8, 4) is 0 Å². The van der Waals surface area contributed by atoms with Gasteiger partial charge in [-0.15, -0.1) is 0 Å². The molecule has 3 aromatic carbocycles. The minimum Gasteiger partial charge on any atom is -0.480 e. The molecule has 8 nitrogen and oxygen atoms in total. The number of aliphatic carboxylic acids is 1. The first-order chi connectivity index (χ1) is 18.5. The first-order valence-corrected chi connectivity index (χ1v) is 14.1. The van der Waals surface area contributed by atoms with Gasteiger partial charge in [-0.1, -0.05) is 47.5 Å². The summed E-state index contributed by atoms with van der Waals surface area (Å²) in [5.41, 5.74) is 1.16. The van der Waals surface area contributed by atoms with Gasteiger partial charge in [0.25, 0.3) is 0 Å². The van der Waals surface area contributed by atoms with Crippen LogP contribution in [0.3, 0.4) is 0 Å². The summed E-state index contributed by atoms with van der Waals surface area (Å²) < 4.78 is 40.6. The highest BCUT2D eigenvalue weighted by Crippen LogP contribution is 2.30. The van der Waals surface area contributed by atoms with Crippen LogP contribution >= 0.6 is 23.2 Å². The molecule has 1 amide bonds. The number of sulfonamides is 1. The van der Waals surface area contributed by atoms with Gasteiger partial charge in [-0.05, 0) is 60.9 Å². The van der Waals surface area contributed by atoms with Gasteiger partial charge < -0.3 is 10.4 Å². The quantitative estimate of drug-likeness (QED) is 0.357. The monoisotopic (exact) mass is 592 g/mol. The van der Waals surface area contributed by atoms with Gasteiger partial charge in [-0.2, -0.15) is 4.31 Å². The van der Waals surface area contributed by atoms with Crippen LogP contribution in [0.2, 0.25) is 10.0 Å². The molecule has 0 aromatic heterocycles. The van der Waals surface area contributed by atoms with E-state index in [0.29, 0.717) is 23.1 Å². The van der Waals surface area contributed by atoms with Gasteiger partial charge in [0.1, 0.15) is 17.9 Å². The minimum absolute atomic E-state index is 0.0752. The lowest BCUT2D eigenvalue weighted by Crippen LogP contribution is -2.51. The summed E-state index contributed by atoms with van der Waals surface area (Å²) in [5.74, 6) is -2.83. The molecule has 1 saturated heterocycles. The van der Waals surface area contributed by atoms with E-state index in [1.165, 1.54) is 54.6 Å². The Bertz CT molecular complexity index is 1490. The van der Waals surface area contributed by atoms with Gasteiger partial charge in [0.05, 0.1) is 4.90 Å². The zero-order valence-electron chi connectivity index (χ0n) is 20.3. The Balaban J connectivity index is 1.46. The molecular weight excluding hydrogens is 570 g/mol. The van der Waals surface area contributed by atoms with Crippen LogP contribution in [0.4, 0.5) is 4.39 Å².